The van der Waals surface area contributed by atoms with Crippen molar-refractivity contribution in [3.8, 4) is 5.75 Å². The summed E-state index contributed by atoms with van der Waals surface area (Å²) in [5, 5.41) is 10.5. The van der Waals surface area contributed by atoms with Crippen molar-refractivity contribution in [3.63, 3.8) is 0 Å². The summed E-state index contributed by atoms with van der Waals surface area (Å²) in [7, 11) is 1.66. The Morgan fingerprint density at radius 1 is 1.27 bits per heavy atom. The second-order valence-electron chi connectivity index (χ2n) is 5.63. The predicted octanol–water partition coefficient (Wildman–Crippen LogP) is 3.10. The lowest BCUT2D eigenvalue weighted by atomic mass is 10.2. The van der Waals surface area contributed by atoms with Gasteiger partial charge in [-0.15, -0.1) is 24.0 Å². The fourth-order valence-electron chi connectivity index (χ4n) is 2.32. The lowest BCUT2D eigenvalue weighted by Crippen LogP contribution is -2.39. The number of aliphatic imine (C=N–C) groups is 1. The number of alkyl halides is 2. The Labute approximate surface area is 169 Å². The molecule has 0 radical (unpaired) electrons. The third-order valence-corrected chi connectivity index (χ3v) is 3.53. The smallest absolute Gasteiger partial charge is 0.387 e. The van der Waals surface area contributed by atoms with E-state index in [0.717, 1.165) is 6.54 Å². The number of halogens is 3. The number of rotatable bonds is 8. The van der Waals surface area contributed by atoms with Crippen LogP contribution in [0.4, 0.5) is 8.78 Å². The number of nitrogens with one attached hydrogen (secondary N) is 2. The summed E-state index contributed by atoms with van der Waals surface area (Å²) < 4.78 is 31.3. The number of ether oxygens (including phenoxy) is 1. The van der Waals surface area contributed by atoms with Gasteiger partial charge in [0.25, 0.3) is 0 Å². The van der Waals surface area contributed by atoms with Gasteiger partial charge in [0.15, 0.2) is 5.96 Å². The summed E-state index contributed by atoms with van der Waals surface area (Å²) in [6.07, 6.45) is 3.67. The van der Waals surface area contributed by atoms with Gasteiger partial charge in [-0.1, -0.05) is 25.1 Å². The molecule has 1 atom stereocenters. The van der Waals surface area contributed by atoms with Crippen LogP contribution in [0.1, 0.15) is 12.5 Å². The minimum atomic E-state index is -2.85. The van der Waals surface area contributed by atoms with Gasteiger partial charge in [0.1, 0.15) is 5.75 Å². The Bertz CT molecular complexity index is 667. The van der Waals surface area contributed by atoms with Gasteiger partial charge in [0.2, 0.25) is 0 Å². The summed E-state index contributed by atoms with van der Waals surface area (Å²) in [5.41, 5.74) is 0.635. The fourth-order valence-corrected chi connectivity index (χ4v) is 2.32. The fraction of sp³-hybridized carbons (Fsp3) is 0.412. The van der Waals surface area contributed by atoms with Crippen molar-refractivity contribution in [3.05, 3.63) is 48.3 Å². The van der Waals surface area contributed by atoms with Gasteiger partial charge in [0, 0.05) is 44.6 Å². The molecule has 0 saturated heterocycles. The molecule has 144 valence electrons. The van der Waals surface area contributed by atoms with Crippen LogP contribution >= 0.6 is 24.0 Å². The standard InChI is InChI=1S/C17H23F2N5O.HI/c1-13(12-24-9-5-8-23-24)10-21-17(20-2)22-11-14-6-3-4-7-15(14)25-16(18)19;/h3-9,13,16H,10-12H2,1-2H3,(H2,20,21,22);1H. The van der Waals surface area contributed by atoms with E-state index in [2.05, 4.69) is 32.4 Å². The highest BCUT2D eigenvalue weighted by Crippen LogP contribution is 2.19. The SMILES string of the molecule is CN=C(NCc1ccccc1OC(F)F)NCC(C)Cn1cccn1.I. The third-order valence-electron chi connectivity index (χ3n) is 3.53. The normalized spacial score (nSPS) is 12.4. The Balaban J connectivity index is 0.00000338. The van der Waals surface area contributed by atoms with Crippen LogP contribution in [0.15, 0.2) is 47.7 Å². The second-order valence-corrected chi connectivity index (χ2v) is 5.63. The minimum absolute atomic E-state index is 0. The lowest BCUT2D eigenvalue weighted by Gasteiger charge is -2.17. The van der Waals surface area contributed by atoms with E-state index >= 15 is 0 Å². The number of benzene rings is 1. The molecule has 2 N–H and O–H groups in total. The van der Waals surface area contributed by atoms with E-state index < -0.39 is 6.61 Å². The zero-order chi connectivity index (χ0) is 18.1. The molecule has 0 saturated carbocycles. The van der Waals surface area contributed by atoms with E-state index in [0.29, 0.717) is 30.5 Å². The molecule has 1 heterocycles. The summed E-state index contributed by atoms with van der Waals surface area (Å²) in [4.78, 5) is 4.15. The first kappa shape index (κ1) is 22.1. The van der Waals surface area contributed by atoms with Crippen molar-refractivity contribution in [1.29, 1.82) is 0 Å². The van der Waals surface area contributed by atoms with Crippen molar-refractivity contribution in [1.82, 2.24) is 20.4 Å². The average Bonchev–Trinajstić information content (AvgIpc) is 3.08. The first-order valence-electron chi connectivity index (χ1n) is 8.03. The number of nitrogens with zero attached hydrogens (tertiary/aromatic N) is 3. The maximum atomic E-state index is 12.4. The highest BCUT2D eigenvalue weighted by molar-refractivity contribution is 14.0. The highest BCUT2D eigenvalue weighted by atomic mass is 127. The molecule has 1 aromatic heterocycles. The van der Waals surface area contributed by atoms with Gasteiger partial charge < -0.3 is 15.4 Å². The molecule has 9 heteroatoms. The van der Waals surface area contributed by atoms with Crippen LogP contribution in [0, 0.1) is 5.92 Å². The molecule has 1 aromatic carbocycles. The molecular formula is C17H24F2IN5O. The molecule has 2 rings (SSSR count). The van der Waals surface area contributed by atoms with Gasteiger partial charge >= 0.3 is 6.61 Å². The number of hydrogen-bond donors (Lipinski definition) is 2. The third kappa shape index (κ3) is 7.54. The van der Waals surface area contributed by atoms with E-state index in [1.165, 1.54) is 6.07 Å². The molecule has 0 fully saturated rings. The topological polar surface area (TPSA) is 63.5 Å². The summed E-state index contributed by atoms with van der Waals surface area (Å²) in [6, 6.07) is 8.58. The molecule has 26 heavy (non-hydrogen) atoms. The number of aromatic nitrogens is 2. The first-order chi connectivity index (χ1) is 12.1. The van der Waals surface area contributed by atoms with Crippen LogP contribution in [0.2, 0.25) is 0 Å². The van der Waals surface area contributed by atoms with Crippen molar-refractivity contribution < 1.29 is 13.5 Å². The summed E-state index contributed by atoms with van der Waals surface area (Å²) in [5.74, 6) is 1.10. The largest absolute Gasteiger partial charge is 0.434 e. The Morgan fingerprint density at radius 2 is 2.04 bits per heavy atom. The molecule has 0 bridgehead atoms. The van der Waals surface area contributed by atoms with Gasteiger partial charge in [-0.05, 0) is 18.1 Å². The molecule has 0 aliphatic heterocycles. The summed E-state index contributed by atoms with van der Waals surface area (Å²) >= 11 is 0. The lowest BCUT2D eigenvalue weighted by molar-refractivity contribution is -0.0504. The second kappa shape index (κ2) is 11.7. The van der Waals surface area contributed by atoms with Crippen LogP contribution in [-0.4, -0.2) is 35.9 Å². The Morgan fingerprint density at radius 3 is 2.69 bits per heavy atom. The van der Waals surface area contributed by atoms with E-state index in [4.69, 9.17) is 0 Å². The van der Waals surface area contributed by atoms with E-state index in [9.17, 15) is 8.78 Å². The van der Waals surface area contributed by atoms with Gasteiger partial charge in [-0.3, -0.25) is 9.67 Å². The average molecular weight is 479 g/mol. The molecule has 0 amide bonds. The zero-order valence-electron chi connectivity index (χ0n) is 14.7. The maximum absolute atomic E-state index is 12.4. The molecule has 2 aromatic rings. The molecule has 1 unspecified atom stereocenters. The quantitative estimate of drug-likeness (QED) is 0.347. The van der Waals surface area contributed by atoms with E-state index in [1.54, 1.807) is 31.4 Å². The number of hydrogen-bond acceptors (Lipinski definition) is 3. The van der Waals surface area contributed by atoms with Crippen LogP contribution in [0.3, 0.4) is 0 Å². The van der Waals surface area contributed by atoms with Crippen molar-refractivity contribution in [2.75, 3.05) is 13.6 Å². The molecule has 6 nitrogen and oxygen atoms in total. The monoisotopic (exact) mass is 479 g/mol. The van der Waals surface area contributed by atoms with Crippen LogP contribution in [0.5, 0.6) is 5.75 Å². The molecule has 0 spiro atoms. The predicted molar refractivity (Wildman–Crippen MR) is 108 cm³/mol. The summed E-state index contributed by atoms with van der Waals surface area (Å²) in [6.45, 7) is 1.09. The van der Waals surface area contributed by atoms with Crippen LogP contribution < -0.4 is 15.4 Å². The van der Waals surface area contributed by atoms with Crippen molar-refractivity contribution in [2.45, 2.75) is 26.6 Å². The zero-order valence-corrected chi connectivity index (χ0v) is 17.1. The van der Waals surface area contributed by atoms with E-state index in [1.807, 2.05) is 16.9 Å². The number of para-hydroxylation sites is 1. The van der Waals surface area contributed by atoms with E-state index in [-0.39, 0.29) is 29.7 Å². The van der Waals surface area contributed by atoms with Crippen LogP contribution in [-0.2, 0) is 13.1 Å². The first-order valence-corrected chi connectivity index (χ1v) is 8.03. The van der Waals surface area contributed by atoms with Gasteiger partial charge in [-0.2, -0.15) is 13.9 Å². The Kier molecular flexibility index (Phi) is 9.92. The highest BCUT2D eigenvalue weighted by Gasteiger charge is 2.10. The van der Waals surface area contributed by atoms with Gasteiger partial charge in [0.05, 0.1) is 0 Å². The maximum Gasteiger partial charge on any atom is 0.387 e. The molecular weight excluding hydrogens is 455 g/mol. The van der Waals surface area contributed by atoms with Crippen LogP contribution in [0.25, 0.3) is 0 Å². The van der Waals surface area contributed by atoms with Crippen molar-refractivity contribution in [2.24, 2.45) is 10.9 Å². The Hall–Kier alpha value is -1.91. The van der Waals surface area contributed by atoms with Gasteiger partial charge in [-0.25, -0.2) is 0 Å². The molecule has 0 aliphatic carbocycles. The number of guanidine groups is 1. The molecule has 0 aliphatic rings. The minimum Gasteiger partial charge on any atom is -0.434 e. The van der Waals surface area contributed by atoms with Crippen molar-refractivity contribution >= 4 is 29.9 Å².